The summed E-state index contributed by atoms with van der Waals surface area (Å²) in [5, 5.41) is 0. The molecule has 0 amide bonds. The van der Waals surface area contributed by atoms with Gasteiger partial charge >= 0.3 is 10.1 Å². The monoisotopic (exact) mass is 414 g/mol. The van der Waals surface area contributed by atoms with Gasteiger partial charge in [0.1, 0.15) is 10.6 Å². The molecule has 0 saturated heterocycles. The fraction of sp³-hybridized carbons (Fsp3) is 0.188. The molecule has 0 N–H and O–H groups in total. The van der Waals surface area contributed by atoms with Crippen LogP contribution in [0.2, 0.25) is 0 Å². The van der Waals surface area contributed by atoms with E-state index in [0.717, 1.165) is 0 Å². The van der Waals surface area contributed by atoms with Crippen LogP contribution in [-0.4, -0.2) is 28.4 Å². The second kappa shape index (κ2) is 7.23. The summed E-state index contributed by atoms with van der Waals surface area (Å²) < 4.78 is 40.7. The minimum Gasteiger partial charge on any atom is -0.493 e. The number of hydrogen-bond donors (Lipinski definition) is 0. The van der Waals surface area contributed by atoms with Crippen molar-refractivity contribution in [2.24, 2.45) is 0 Å². The lowest BCUT2D eigenvalue weighted by Gasteiger charge is -2.13. The fourth-order valence-electron chi connectivity index (χ4n) is 1.97. The van der Waals surface area contributed by atoms with Crippen molar-refractivity contribution in [2.75, 3.05) is 14.2 Å². The van der Waals surface area contributed by atoms with E-state index >= 15 is 0 Å². The van der Waals surface area contributed by atoms with Crippen LogP contribution in [0.5, 0.6) is 17.2 Å². The van der Waals surface area contributed by atoms with Crippen LogP contribution in [-0.2, 0) is 10.1 Å². The van der Waals surface area contributed by atoms with Gasteiger partial charge in [-0.3, -0.25) is 4.79 Å². The van der Waals surface area contributed by atoms with E-state index in [1.54, 1.807) is 12.1 Å². The largest absolute Gasteiger partial charge is 0.493 e. The van der Waals surface area contributed by atoms with E-state index in [1.165, 1.54) is 45.4 Å². The van der Waals surface area contributed by atoms with Crippen molar-refractivity contribution in [2.45, 2.75) is 11.8 Å². The molecule has 0 radical (unpaired) electrons. The number of Topliss-reactive ketones (excluding diaryl/α,β-unsaturated/α-hetero) is 1. The van der Waals surface area contributed by atoms with Crippen LogP contribution in [0.25, 0.3) is 0 Å². The summed E-state index contributed by atoms with van der Waals surface area (Å²) in [7, 11) is -1.29. The van der Waals surface area contributed by atoms with Crippen molar-refractivity contribution in [3.63, 3.8) is 0 Å². The van der Waals surface area contributed by atoms with E-state index in [-0.39, 0.29) is 26.7 Å². The lowest BCUT2D eigenvalue weighted by molar-refractivity contribution is 0.101. The number of carbonyl (C=O) groups excluding carboxylic acids is 1. The summed E-state index contributed by atoms with van der Waals surface area (Å²) in [6.07, 6.45) is 0. The summed E-state index contributed by atoms with van der Waals surface area (Å²) in [6, 6.07) is 8.72. The van der Waals surface area contributed by atoms with Crippen LogP contribution < -0.4 is 13.7 Å². The smallest absolute Gasteiger partial charge is 0.340 e. The molecule has 8 heteroatoms. The molecule has 0 saturated carbocycles. The quantitative estimate of drug-likeness (QED) is 0.531. The van der Waals surface area contributed by atoms with Gasteiger partial charge in [0.2, 0.25) is 0 Å². The van der Waals surface area contributed by atoms with Gasteiger partial charge in [0.25, 0.3) is 0 Å². The lowest BCUT2D eigenvalue weighted by Crippen LogP contribution is -2.11. The molecular formula is C16H15BrO6S. The van der Waals surface area contributed by atoms with Crippen molar-refractivity contribution in [3.05, 3.63) is 46.4 Å². The molecule has 0 aromatic heterocycles. The molecule has 0 unspecified atom stereocenters. The Bertz CT molecular complexity index is 876. The van der Waals surface area contributed by atoms with Crippen molar-refractivity contribution in [1.29, 1.82) is 0 Å². The minimum atomic E-state index is -4.14. The Labute approximate surface area is 148 Å². The van der Waals surface area contributed by atoms with Crippen LogP contribution >= 0.6 is 15.9 Å². The molecule has 2 rings (SSSR count). The molecule has 0 bridgehead atoms. The number of methoxy groups -OCH3 is 2. The Morgan fingerprint density at radius 2 is 1.67 bits per heavy atom. The average molecular weight is 415 g/mol. The van der Waals surface area contributed by atoms with Gasteiger partial charge in [0, 0.05) is 16.1 Å². The van der Waals surface area contributed by atoms with Crippen LogP contribution in [0.3, 0.4) is 0 Å². The average Bonchev–Trinajstić information content (AvgIpc) is 2.54. The highest BCUT2D eigenvalue weighted by Crippen LogP contribution is 2.36. The second-order valence-corrected chi connectivity index (χ2v) is 7.13. The maximum atomic E-state index is 12.5. The summed E-state index contributed by atoms with van der Waals surface area (Å²) in [5.41, 5.74) is 0.356. The predicted octanol–water partition coefficient (Wildman–Crippen LogP) is 3.44. The first-order valence-electron chi connectivity index (χ1n) is 6.75. The van der Waals surface area contributed by atoms with Crippen molar-refractivity contribution < 1.29 is 26.9 Å². The van der Waals surface area contributed by atoms with Gasteiger partial charge < -0.3 is 13.7 Å². The molecule has 0 spiro atoms. The second-order valence-electron chi connectivity index (χ2n) is 4.76. The van der Waals surface area contributed by atoms with Crippen LogP contribution in [0.4, 0.5) is 0 Å². The molecule has 6 nitrogen and oxygen atoms in total. The molecule has 0 aliphatic carbocycles. The Hall–Kier alpha value is -2.06. The Morgan fingerprint density at radius 1 is 1.04 bits per heavy atom. The number of rotatable bonds is 6. The summed E-state index contributed by atoms with van der Waals surface area (Å²) >= 11 is 3.19. The third-order valence-corrected chi connectivity index (χ3v) is 5.36. The zero-order valence-corrected chi connectivity index (χ0v) is 15.6. The minimum absolute atomic E-state index is 0.0457. The van der Waals surface area contributed by atoms with Crippen LogP contribution in [0.15, 0.2) is 45.8 Å². The highest BCUT2D eigenvalue weighted by Gasteiger charge is 2.23. The summed E-state index contributed by atoms with van der Waals surface area (Å²) in [4.78, 5) is 11.3. The maximum Gasteiger partial charge on any atom is 0.340 e. The van der Waals surface area contributed by atoms with Gasteiger partial charge in [-0.05, 0) is 41.1 Å². The molecular weight excluding hydrogens is 400 g/mol. The SMILES string of the molecule is COc1cc(Br)c(S(=O)(=O)Oc2cccc(C(C)=O)c2)cc1OC. The molecule has 0 atom stereocenters. The summed E-state index contributed by atoms with van der Waals surface area (Å²) in [5.74, 6) is 0.483. The highest BCUT2D eigenvalue weighted by molar-refractivity contribution is 9.10. The van der Waals surface area contributed by atoms with Crippen molar-refractivity contribution in [1.82, 2.24) is 0 Å². The Balaban J connectivity index is 2.44. The summed E-state index contributed by atoms with van der Waals surface area (Å²) in [6.45, 7) is 1.39. The number of benzene rings is 2. The van der Waals surface area contributed by atoms with Gasteiger partial charge in [-0.25, -0.2) is 0 Å². The van der Waals surface area contributed by atoms with E-state index < -0.39 is 10.1 Å². The Morgan fingerprint density at radius 3 is 2.25 bits per heavy atom. The molecule has 0 fully saturated rings. The molecule has 0 heterocycles. The van der Waals surface area contributed by atoms with Gasteiger partial charge in [-0.2, -0.15) is 8.42 Å². The first-order valence-corrected chi connectivity index (χ1v) is 8.95. The van der Waals surface area contributed by atoms with Crippen molar-refractivity contribution >= 4 is 31.8 Å². The molecule has 2 aromatic rings. The van der Waals surface area contributed by atoms with Crippen LogP contribution in [0, 0.1) is 0 Å². The number of hydrogen-bond acceptors (Lipinski definition) is 6. The first kappa shape index (κ1) is 18.3. The van der Waals surface area contributed by atoms with E-state index in [4.69, 9.17) is 13.7 Å². The maximum absolute atomic E-state index is 12.5. The molecule has 24 heavy (non-hydrogen) atoms. The molecule has 128 valence electrons. The van der Waals surface area contributed by atoms with Gasteiger partial charge in [-0.1, -0.05) is 12.1 Å². The lowest BCUT2D eigenvalue weighted by atomic mass is 10.1. The van der Waals surface area contributed by atoms with Crippen molar-refractivity contribution in [3.8, 4) is 17.2 Å². The number of ether oxygens (including phenoxy) is 2. The predicted molar refractivity (Wildman–Crippen MR) is 91.5 cm³/mol. The van der Waals surface area contributed by atoms with E-state index in [9.17, 15) is 13.2 Å². The Kier molecular flexibility index (Phi) is 5.51. The van der Waals surface area contributed by atoms with Crippen LogP contribution in [0.1, 0.15) is 17.3 Å². The number of halogens is 1. The number of ketones is 1. The number of carbonyl (C=O) groups is 1. The van der Waals surface area contributed by atoms with E-state index in [1.807, 2.05) is 0 Å². The fourth-order valence-corrected chi connectivity index (χ4v) is 3.88. The van der Waals surface area contributed by atoms with Gasteiger partial charge in [0.15, 0.2) is 17.3 Å². The zero-order chi connectivity index (χ0) is 17.9. The van der Waals surface area contributed by atoms with Gasteiger partial charge in [0.05, 0.1) is 14.2 Å². The van der Waals surface area contributed by atoms with E-state index in [0.29, 0.717) is 11.3 Å². The third kappa shape index (κ3) is 3.88. The first-order chi connectivity index (χ1) is 11.3. The normalized spacial score (nSPS) is 11.0. The molecule has 2 aromatic carbocycles. The highest BCUT2D eigenvalue weighted by atomic mass is 79.9. The molecule has 0 aliphatic rings. The van der Waals surface area contributed by atoms with Gasteiger partial charge in [-0.15, -0.1) is 0 Å². The molecule has 0 aliphatic heterocycles. The zero-order valence-electron chi connectivity index (χ0n) is 13.2. The topological polar surface area (TPSA) is 78.9 Å². The standard InChI is InChI=1S/C16H15BrO6S/c1-10(18)11-5-4-6-12(7-11)23-24(19,20)16-9-15(22-3)14(21-2)8-13(16)17/h4-9H,1-3H3. The van der Waals surface area contributed by atoms with E-state index in [2.05, 4.69) is 15.9 Å². The third-order valence-electron chi connectivity index (χ3n) is 3.15.